The maximum Gasteiger partial charge on any atom is 0.191 e. The number of ether oxygens (including phenoxy) is 1. The second-order valence-electron chi connectivity index (χ2n) is 6.52. The van der Waals surface area contributed by atoms with E-state index in [2.05, 4.69) is 41.8 Å². The number of rotatable bonds is 5. The molecule has 4 nitrogen and oxygen atoms in total. The summed E-state index contributed by atoms with van der Waals surface area (Å²) >= 11 is 0. The molecule has 0 spiro atoms. The summed E-state index contributed by atoms with van der Waals surface area (Å²) in [5.41, 5.74) is 3.04. The molecule has 1 heterocycles. The van der Waals surface area contributed by atoms with Crippen LogP contribution in [0.3, 0.4) is 0 Å². The van der Waals surface area contributed by atoms with Gasteiger partial charge in [-0.2, -0.15) is 0 Å². The maximum atomic E-state index is 5.66. The number of guanidine groups is 1. The molecule has 0 radical (unpaired) electrons. The number of aliphatic imine (C=N–C) groups is 1. The van der Waals surface area contributed by atoms with Gasteiger partial charge in [0.15, 0.2) is 5.96 Å². The van der Waals surface area contributed by atoms with Crippen LogP contribution >= 0.6 is 0 Å². The van der Waals surface area contributed by atoms with Gasteiger partial charge in [0.1, 0.15) is 0 Å². The Hall–Kier alpha value is -1.55. The zero-order chi connectivity index (χ0) is 15.9. The van der Waals surface area contributed by atoms with Gasteiger partial charge in [0.05, 0.1) is 12.6 Å². The fraction of sp³-hybridized carbons (Fsp3) is 0.632. The van der Waals surface area contributed by atoms with Crippen LogP contribution in [-0.4, -0.2) is 38.3 Å². The van der Waals surface area contributed by atoms with Gasteiger partial charge < -0.3 is 15.4 Å². The number of nitrogens with zero attached hydrogens (tertiary/aromatic N) is 1. The molecule has 126 valence electrons. The van der Waals surface area contributed by atoms with Crippen molar-refractivity contribution in [3.8, 4) is 0 Å². The van der Waals surface area contributed by atoms with Crippen molar-refractivity contribution in [3.63, 3.8) is 0 Å². The summed E-state index contributed by atoms with van der Waals surface area (Å²) < 4.78 is 5.66. The lowest BCUT2D eigenvalue weighted by Gasteiger charge is -2.26. The fourth-order valence-corrected chi connectivity index (χ4v) is 3.61. The molecule has 2 aliphatic rings. The van der Waals surface area contributed by atoms with Gasteiger partial charge in [-0.05, 0) is 50.2 Å². The minimum atomic E-state index is 0.306. The summed E-state index contributed by atoms with van der Waals surface area (Å²) in [5.74, 6) is 1.51. The van der Waals surface area contributed by atoms with Gasteiger partial charge in [0.2, 0.25) is 0 Å². The lowest BCUT2D eigenvalue weighted by molar-refractivity contribution is 0.117. The van der Waals surface area contributed by atoms with Crippen molar-refractivity contribution in [2.75, 3.05) is 26.2 Å². The van der Waals surface area contributed by atoms with Crippen molar-refractivity contribution in [2.24, 2.45) is 4.99 Å². The molecule has 1 aliphatic heterocycles. The van der Waals surface area contributed by atoms with Crippen molar-refractivity contribution in [1.82, 2.24) is 10.6 Å². The maximum absolute atomic E-state index is 5.66. The summed E-state index contributed by atoms with van der Waals surface area (Å²) in [6, 6.07) is 8.88. The minimum absolute atomic E-state index is 0.306. The second-order valence-corrected chi connectivity index (χ2v) is 6.52. The highest BCUT2D eigenvalue weighted by Crippen LogP contribution is 2.30. The minimum Gasteiger partial charge on any atom is -0.376 e. The predicted octanol–water partition coefficient (Wildman–Crippen LogP) is 2.84. The number of hydrogen-bond donors (Lipinski definition) is 2. The number of nitrogens with one attached hydrogen (secondary N) is 2. The average Bonchev–Trinajstić information content (AvgIpc) is 3.11. The Kier molecular flexibility index (Phi) is 5.92. The van der Waals surface area contributed by atoms with E-state index in [0.717, 1.165) is 38.6 Å². The van der Waals surface area contributed by atoms with Gasteiger partial charge in [-0.25, -0.2) is 0 Å². The van der Waals surface area contributed by atoms with Crippen molar-refractivity contribution in [2.45, 2.75) is 51.0 Å². The first-order valence-electron chi connectivity index (χ1n) is 9.08. The van der Waals surface area contributed by atoms with Crippen LogP contribution in [0.4, 0.5) is 0 Å². The third-order valence-corrected chi connectivity index (χ3v) is 4.83. The lowest BCUT2D eigenvalue weighted by Crippen LogP contribution is -2.40. The van der Waals surface area contributed by atoms with E-state index in [0.29, 0.717) is 12.0 Å². The predicted molar refractivity (Wildman–Crippen MR) is 95.1 cm³/mol. The molecular weight excluding hydrogens is 286 g/mol. The van der Waals surface area contributed by atoms with E-state index in [1.54, 1.807) is 0 Å². The quantitative estimate of drug-likeness (QED) is 0.649. The van der Waals surface area contributed by atoms with Crippen molar-refractivity contribution >= 4 is 5.96 Å². The summed E-state index contributed by atoms with van der Waals surface area (Å²) in [7, 11) is 0. The van der Waals surface area contributed by atoms with Crippen LogP contribution in [0, 0.1) is 0 Å². The molecule has 1 fully saturated rings. The highest BCUT2D eigenvalue weighted by molar-refractivity contribution is 5.79. The number of aryl methyl sites for hydroxylation is 1. The molecule has 1 aliphatic carbocycles. The molecule has 2 unspecified atom stereocenters. The third-order valence-electron chi connectivity index (χ3n) is 4.83. The highest BCUT2D eigenvalue weighted by Gasteiger charge is 2.20. The Labute approximate surface area is 139 Å². The molecular formula is C19H29N3O. The average molecular weight is 315 g/mol. The van der Waals surface area contributed by atoms with Crippen LogP contribution in [0.15, 0.2) is 29.3 Å². The first-order chi connectivity index (χ1) is 11.4. The molecule has 23 heavy (non-hydrogen) atoms. The van der Waals surface area contributed by atoms with Crippen molar-refractivity contribution in [3.05, 3.63) is 35.4 Å². The van der Waals surface area contributed by atoms with Crippen LogP contribution < -0.4 is 10.6 Å². The normalized spacial score (nSPS) is 24.3. The van der Waals surface area contributed by atoms with E-state index in [-0.39, 0.29) is 0 Å². The van der Waals surface area contributed by atoms with Gasteiger partial charge >= 0.3 is 0 Å². The molecule has 1 aromatic carbocycles. The fourth-order valence-electron chi connectivity index (χ4n) is 3.61. The van der Waals surface area contributed by atoms with Crippen LogP contribution in [-0.2, 0) is 11.2 Å². The van der Waals surface area contributed by atoms with Crippen LogP contribution in [0.2, 0.25) is 0 Å². The van der Waals surface area contributed by atoms with Gasteiger partial charge in [-0.15, -0.1) is 0 Å². The van der Waals surface area contributed by atoms with E-state index in [9.17, 15) is 0 Å². The summed E-state index contributed by atoms with van der Waals surface area (Å²) in [6.45, 7) is 5.60. The standard InChI is InChI=1S/C19H29N3O/c1-2-20-19(22-14-17-10-6-12-23-17)21-13-16-9-5-8-15-7-3-4-11-18(15)16/h3-4,7,11,16-17H,2,5-6,8-10,12-14H2,1H3,(H2,20,21,22). The van der Waals surface area contributed by atoms with Crippen LogP contribution in [0.1, 0.15) is 49.7 Å². The number of benzene rings is 1. The molecule has 0 bridgehead atoms. The van der Waals surface area contributed by atoms with Gasteiger partial charge in [0, 0.05) is 25.6 Å². The first-order valence-corrected chi connectivity index (χ1v) is 9.08. The Balaban J connectivity index is 1.57. The monoisotopic (exact) mass is 315 g/mol. The molecule has 2 N–H and O–H groups in total. The zero-order valence-electron chi connectivity index (χ0n) is 14.2. The summed E-state index contributed by atoms with van der Waals surface area (Å²) in [4.78, 5) is 4.71. The Morgan fingerprint density at radius 3 is 2.96 bits per heavy atom. The second kappa shape index (κ2) is 8.34. The highest BCUT2D eigenvalue weighted by atomic mass is 16.5. The molecule has 0 saturated carbocycles. The van der Waals surface area contributed by atoms with E-state index in [1.165, 1.54) is 36.8 Å². The molecule has 1 saturated heterocycles. The molecule has 2 atom stereocenters. The van der Waals surface area contributed by atoms with E-state index in [1.807, 2.05) is 0 Å². The van der Waals surface area contributed by atoms with Crippen LogP contribution in [0.5, 0.6) is 0 Å². The molecule has 0 amide bonds. The van der Waals surface area contributed by atoms with E-state index < -0.39 is 0 Å². The van der Waals surface area contributed by atoms with Crippen molar-refractivity contribution in [1.29, 1.82) is 0 Å². The lowest BCUT2D eigenvalue weighted by atomic mass is 9.83. The van der Waals surface area contributed by atoms with Crippen LogP contribution in [0.25, 0.3) is 0 Å². The summed E-state index contributed by atoms with van der Waals surface area (Å²) in [5, 5.41) is 6.89. The smallest absolute Gasteiger partial charge is 0.191 e. The summed E-state index contributed by atoms with van der Waals surface area (Å²) in [6.07, 6.45) is 6.38. The Morgan fingerprint density at radius 1 is 1.22 bits per heavy atom. The molecule has 1 aromatic rings. The molecule has 3 rings (SSSR count). The van der Waals surface area contributed by atoms with Crippen molar-refractivity contribution < 1.29 is 4.74 Å². The number of hydrogen-bond acceptors (Lipinski definition) is 2. The SMILES string of the molecule is CCNC(=NCC1CCCO1)NCC1CCCc2ccccc21. The first kappa shape index (κ1) is 16.3. The largest absolute Gasteiger partial charge is 0.376 e. The Bertz CT molecular complexity index is 523. The molecule has 0 aromatic heterocycles. The Morgan fingerprint density at radius 2 is 2.13 bits per heavy atom. The third kappa shape index (κ3) is 4.47. The van der Waals surface area contributed by atoms with Gasteiger partial charge in [0.25, 0.3) is 0 Å². The zero-order valence-corrected chi connectivity index (χ0v) is 14.2. The molecule has 4 heteroatoms. The van der Waals surface area contributed by atoms with E-state index >= 15 is 0 Å². The number of fused-ring (bicyclic) bond motifs is 1. The van der Waals surface area contributed by atoms with E-state index in [4.69, 9.17) is 9.73 Å². The van der Waals surface area contributed by atoms with Gasteiger partial charge in [-0.3, -0.25) is 4.99 Å². The topological polar surface area (TPSA) is 45.7 Å². The van der Waals surface area contributed by atoms with Gasteiger partial charge in [-0.1, -0.05) is 24.3 Å².